The Morgan fingerprint density at radius 3 is 2.50 bits per heavy atom. The Labute approximate surface area is 109 Å². The standard InChI is InChI=1S/C14H25NO3/c1-10(2)8-14(3,4)9-12(16)15-7-5-6-11(15)13(17)18/h10-11H,5-9H2,1-4H3,(H,17,18). The summed E-state index contributed by atoms with van der Waals surface area (Å²) < 4.78 is 0. The highest BCUT2D eigenvalue weighted by Crippen LogP contribution is 2.31. The van der Waals surface area contributed by atoms with E-state index in [1.165, 1.54) is 0 Å². The summed E-state index contributed by atoms with van der Waals surface area (Å²) in [6, 6.07) is -0.604. The molecule has 104 valence electrons. The van der Waals surface area contributed by atoms with Crippen LogP contribution in [0, 0.1) is 11.3 Å². The fourth-order valence-electron chi connectivity index (χ4n) is 3.01. The second kappa shape index (κ2) is 5.72. The van der Waals surface area contributed by atoms with Crippen LogP contribution in [0.1, 0.15) is 53.4 Å². The highest BCUT2D eigenvalue weighted by molar-refractivity contribution is 5.84. The van der Waals surface area contributed by atoms with E-state index in [0.717, 1.165) is 12.8 Å². The lowest BCUT2D eigenvalue weighted by molar-refractivity contribution is -0.149. The Kier molecular flexibility index (Phi) is 4.77. The predicted octanol–water partition coefficient (Wildman–Crippen LogP) is 2.52. The number of hydrogen-bond donors (Lipinski definition) is 1. The smallest absolute Gasteiger partial charge is 0.326 e. The first-order valence-electron chi connectivity index (χ1n) is 6.75. The van der Waals surface area contributed by atoms with E-state index in [9.17, 15) is 9.59 Å². The molecule has 0 radical (unpaired) electrons. The molecule has 1 rings (SSSR count). The molecule has 1 aliphatic rings. The van der Waals surface area contributed by atoms with Crippen molar-refractivity contribution in [2.45, 2.75) is 59.4 Å². The fourth-order valence-corrected chi connectivity index (χ4v) is 3.01. The molecule has 18 heavy (non-hydrogen) atoms. The first kappa shape index (κ1) is 15.0. The number of rotatable bonds is 5. The summed E-state index contributed by atoms with van der Waals surface area (Å²) in [5, 5.41) is 9.08. The molecule has 0 saturated carbocycles. The fraction of sp³-hybridized carbons (Fsp3) is 0.857. The van der Waals surface area contributed by atoms with Crippen molar-refractivity contribution in [3.8, 4) is 0 Å². The molecule has 0 bridgehead atoms. The third-order valence-electron chi connectivity index (χ3n) is 3.45. The summed E-state index contributed by atoms with van der Waals surface area (Å²) in [4.78, 5) is 24.8. The predicted molar refractivity (Wildman–Crippen MR) is 70.2 cm³/mol. The van der Waals surface area contributed by atoms with Gasteiger partial charge in [0.25, 0.3) is 0 Å². The van der Waals surface area contributed by atoms with E-state index in [2.05, 4.69) is 27.7 Å². The minimum atomic E-state index is -0.873. The first-order valence-corrected chi connectivity index (χ1v) is 6.75. The highest BCUT2D eigenvalue weighted by atomic mass is 16.4. The molecule has 1 aliphatic heterocycles. The van der Waals surface area contributed by atoms with E-state index in [0.29, 0.717) is 25.3 Å². The topological polar surface area (TPSA) is 57.6 Å². The molecule has 1 N–H and O–H groups in total. The van der Waals surface area contributed by atoms with E-state index >= 15 is 0 Å². The van der Waals surface area contributed by atoms with E-state index < -0.39 is 12.0 Å². The molecule has 0 aromatic carbocycles. The summed E-state index contributed by atoms with van der Waals surface area (Å²) >= 11 is 0. The van der Waals surface area contributed by atoms with Gasteiger partial charge in [-0.2, -0.15) is 0 Å². The van der Waals surface area contributed by atoms with Gasteiger partial charge < -0.3 is 10.0 Å². The Bertz CT molecular complexity index is 323. The maximum Gasteiger partial charge on any atom is 0.326 e. The Hall–Kier alpha value is -1.06. The maximum absolute atomic E-state index is 12.2. The summed E-state index contributed by atoms with van der Waals surface area (Å²) in [6.45, 7) is 9.03. The van der Waals surface area contributed by atoms with Crippen LogP contribution in [-0.2, 0) is 9.59 Å². The van der Waals surface area contributed by atoms with Crippen LogP contribution in [0.4, 0.5) is 0 Å². The maximum atomic E-state index is 12.2. The summed E-state index contributed by atoms with van der Waals surface area (Å²) in [7, 11) is 0. The molecule has 1 fully saturated rings. The van der Waals surface area contributed by atoms with E-state index in [4.69, 9.17) is 5.11 Å². The van der Waals surface area contributed by atoms with Crippen molar-refractivity contribution < 1.29 is 14.7 Å². The van der Waals surface area contributed by atoms with Gasteiger partial charge in [0.2, 0.25) is 5.91 Å². The number of carbonyl (C=O) groups is 2. The van der Waals surface area contributed by atoms with Gasteiger partial charge in [-0.3, -0.25) is 4.79 Å². The monoisotopic (exact) mass is 255 g/mol. The Morgan fingerprint density at radius 2 is 2.00 bits per heavy atom. The Balaban J connectivity index is 2.62. The molecule has 1 heterocycles. The molecule has 0 aromatic rings. The van der Waals surface area contributed by atoms with Crippen LogP contribution in [0.3, 0.4) is 0 Å². The Morgan fingerprint density at radius 1 is 1.39 bits per heavy atom. The number of likely N-dealkylation sites (tertiary alicyclic amines) is 1. The molecule has 1 saturated heterocycles. The largest absolute Gasteiger partial charge is 0.480 e. The SMILES string of the molecule is CC(C)CC(C)(C)CC(=O)N1CCCC1C(=O)O. The molecular formula is C14H25NO3. The molecule has 4 heteroatoms. The first-order chi connectivity index (χ1) is 8.23. The van der Waals surface area contributed by atoms with Gasteiger partial charge in [-0.25, -0.2) is 4.79 Å². The lowest BCUT2D eigenvalue weighted by Crippen LogP contribution is -2.42. The molecular weight excluding hydrogens is 230 g/mol. The lowest BCUT2D eigenvalue weighted by Gasteiger charge is -2.30. The zero-order valence-corrected chi connectivity index (χ0v) is 11.9. The molecule has 0 aromatic heterocycles. The summed E-state index contributed by atoms with van der Waals surface area (Å²) in [6.07, 6.45) is 2.80. The van der Waals surface area contributed by atoms with Gasteiger partial charge in [-0.1, -0.05) is 27.7 Å². The third-order valence-corrected chi connectivity index (χ3v) is 3.45. The third kappa shape index (κ3) is 4.00. The summed E-state index contributed by atoms with van der Waals surface area (Å²) in [5.41, 5.74) is -0.0586. The van der Waals surface area contributed by atoms with Crippen molar-refractivity contribution in [2.75, 3.05) is 6.54 Å². The van der Waals surface area contributed by atoms with Crippen molar-refractivity contribution in [1.82, 2.24) is 4.90 Å². The molecule has 0 aliphatic carbocycles. The quantitative estimate of drug-likeness (QED) is 0.821. The van der Waals surface area contributed by atoms with Gasteiger partial charge in [-0.05, 0) is 30.6 Å². The zero-order chi connectivity index (χ0) is 13.9. The molecule has 1 amide bonds. The normalized spacial score (nSPS) is 20.5. The average Bonchev–Trinajstić information content (AvgIpc) is 2.61. The van der Waals surface area contributed by atoms with E-state index in [1.807, 2.05) is 0 Å². The minimum absolute atomic E-state index is 0.00875. The van der Waals surface area contributed by atoms with E-state index in [-0.39, 0.29) is 11.3 Å². The van der Waals surface area contributed by atoms with Crippen molar-refractivity contribution in [3.05, 3.63) is 0 Å². The van der Waals surface area contributed by atoms with Crippen LogP contribution < -0.4 is 0 Å². The van der Waals surface area contributed by atoms with Crippen molar-refractivity contribution in [2.24, 2.45) is 11.3 Å². The number of amides is 1. The number of aliphatic carboxylic acids is 1. The van der Waals surface area contributed by atoms with Crippen molar-refractivity contribution in [3.63, 3.8) is 0 Å². The second-order valence-corrected chi connectivity index (χ2v) is 6.52. The second-order valence-electron chi connectivity index (χ2n) is 6.52. The number of carboxylic acid groups (broad SMARTS) is 1. The van der Waals surface area contributed by atoms with E-state index in [1.54, 1.807) is 4.90 Å². The minimum Gasteiger partial charge on any atom is -0.480 e. The van der Waals surface area contributed by atoms with Crippen LogP contribution in [0.15, 0.2) is 0 Å². The van der Waals surface area contributed by atoms with Crippen LogP contribution in [0.25, 0.3) is 0 Å². The van der Waals surface area contributed by atoms with Crippen LogP contribution in [-0.4, -0.2) is 34.5 Å². The van der Waals surface area contributed by atoms with Gasteiger partial charge in [0, 0.05) is 13.0 Å². The van der Waals surface area contributed by atoms with Crippen molar-refractivity contribution >= 4 is 11.9 Å². The highest BCUT2D eigenvalue weighted by Gasteiger charge is 2.36. The van der Waals surface area contributed by atoms with Gasteiger partial charge >= 0.3 is 5.97 Å². The number of hydrogen-bond acceptors (Lipinski definition) is 2. The zero-order valence-electron chi connectivity index (χ0n) is 11.9. The average molecular weight is 255 g/mol. The lowest BCUT2D eigenvalue weighted by atomic mass is 9.80. The van der Waals surface area contributed by atoms with Gasteiger partial charge in [0.15, 0.2) is 0 Å². The summed E-state index contributed by atoms with van der Waals surface area (Å²) in [5.74, 6) is -0.338. The molecule has 1 atom stereocenters. The van der Waals surface area contributed by atoms with Crippen LogP contribution in [0.5, 0.6) is 0 Å². The van der Waals surface area contributed by atoms with Gasteiger partial charge in [0.1, 0.15) is 6.04 Å². The number of carboxylic acids is 1. The van der Waals surface area contributed by atoms with Gasteiger partial charge in [0.05, 0.1) is 0 Å². The van der Waals surface area contributed by atoms with Crippen molar-refractivity contribution in [1.29, 1.82) is 0 Å². The number of nitrogens with zero attached hydrogens (tertiary/aromatic N) is 1. The van der Waals surface area contributed by atoms with Crippen LogP contribution >= 0.6 is 0 Å². The molecule has 4 nitrogen and oxygen atoms in total. The molecule has 1 unspecified atom stereocenters. The van der Waals surface area contributed by atoms with Gasteiger partial charge in [-0.15, -0.1) is 0 Å². The molecule has 0 spiro atoms. The number of carbonyl (C=O) groups excluding carboxylic acids is 1. The van der Waals surface area contributed by atoms with Crippen LogP contribution in [0.2, 0.25) is 0 Å².